The molecule has 2 heterocycles. The molecule has 1 aliphatic rings. The van der Waals surface area contributed by atoms with E-state index in [9.17, 15) is 0 Å². The molecular formula is C17H22ClN3. The average molecular weight is 304 g/mol. The van der Waals surface area contributed by atoms with Gasteiger partial charge in [-0.3, -0.25) is 0 Å². The number of fused-ring (bicyclic) bond motifs is 1. The first-order valence-electron chi connectivity index (χ1n) is 7.58. The van der Waals surface area contributed by atoms with Crippen LogP contribution in [0.4, 0.5) is 0 Å². The van der Waals surface area contributed by atoms with Crippen molar-refractivity contribution < 1.29 is 0 Å². The standard InChI is InChI=1S/C17H22ClN3/c1-11-4-5-14(10-12(11)2)6-7-15-16-17(18)20-13(3)21(16)9-8-19-15/h4-5,10,15,19H,6-9H2,1-3H3/t15-/m0/s1. The van der Waals surface area contributed by atoms with Crippen molar-refractivity contribution in [3.05, 3.63) is 51.6 Å². The molecule has 21 heavy (non-hydrogen) atoms. The van der Waals surface area contributed by atoms with Gasteiger partial charge in [0.1, 0.15) is 5.82 Å². The topological polar surface area (TPSA) is 29.9 Å². The van der Waals surface area contributed by atoms with E-state index in [2.05, 4.69) is 46.9 Å². The summed E-state index contributed by atoms with van der Waals surface area (Å²) in [7, 11) is 0. The highest BCUT2D eigenvalue weighted by atomic mass is 35.5. The van der Waals surface area contributed by atoms with Crippen LogP contribution < -0.4 is 5.32 Å². The normalized spacial score (nSPS) is 17.8. The predicted molar refractivity (Wildman–Crippen MR) is 87.0 cm³/mol. The Balaban J connectivity index is 1.76. The highest BCUT2D eigenvalue weighted by Crippen LogP contribution is 2.29. The van der Waals surface area contributed by atoms with Crippen LogP contribution in [0.5, 0.6) is 0 Å². The summed E-state index contributed by atoms with van der Waals surface area (Å²) in [5.41, 5.74) is 5.27. The van der Waals surface area contributed by atoms with E-state index in [1.165, 1.54) is 16.7 Å². The minimum atomic E-state index is 0.300. The largest absolute Gasteiger partial charge is 0.328 e. The molecule has 0 saturated carbocycles. The van der Waals surface area contributed by atoms with Gasteiger partial charge in [-0.1, -0.05) is 29.8 Å². The van der Waals surface area contributed by atoms with Crippen molar-refractivity contribution in [2.24, 2.45) is 0 Å². The van der Waals surface area contributed by atoms with Crippen LogP contribution in [-0.2, 0) is 13.0 Å². The van der Waals surface area contributed by atoms with Gasteiger partial charge in [0.15, 0.2) is 5.15 Å². The zero-order chi connectivity index (χ0) is 15.0. The summed E-state index contributed by atoms with van der Waals surface area (Å²) in [6, 6.07) is 7.03. The van der Waals surface area contributed by atoms with Gasteiger partial charge in [0.05, 0.1) is 11.7 Å². The van der Waals surface area contributed by atoms with Crippen molar-refractivity contribution in [1.82, 2.24) is 14.9 Å². The van der Waals surface area contributed by atoms with Crippen LogP contribution in [0, 0.1) is 20.8 Å². The van der Waals surface area contributed by atoms with Crippen molar-refractivity contribution in [1.29, 1.82) is 0 Å². The molecule has 2 aromatic rings. The molecule has 0 spiro atoms. The van der Waals surface area contributed by atoms with E-state index in [1.807, 2.05) is 6.92 Å². The van der Waals surface area contributed by atoms with Gasteiger partial charge in [0.2, 0.25) is 0 Å². The molecular weight excluding hydrogens is 282 g/mol. The fourth-order valence-corrected chi connectivity index (χ4v) is 3.47. The highest BCUT2D eigenvalue weighted by molar-refractivity contribution is 6.30. The third-order valence-electron chi connectivity index (χ3n) is 4.50. The van der Waals surface area contributed by atoms with Crippen molar-refractivity contribution >= 4 is 11.6 Å². The van der Waals surface area contributed by atoms with Crippen LogP contribution in [0.15, 0.2) is 18.2 Å². The molecule has 0 radical (unpaired) electrons. The fraction of sp³-hybridized carbons (Fsp3) is 0.471. The molecule has 0 saturated heterocycles. The number of nitrogens with zero attached hydrogens (tertiary/aromatic N) is 2. The first-order valence-corrected chi connectivity index (χ1v) is 7.96. The molecule has 1 aromatic carbocycles. The molecule has 1 atom stereocenters. The highest BCUT2D eigenvalue weighted by Gasteiger charge is 2.25. The van der Waals surface area contributed by atoms with Crippen LogP contribution in [0.2, 0.25) is 5.15 Å². The van der Waals surface area contributed by atoms with Gasteiger partial charge in [-0.2, -0.15) is 0 Å². The summed E-state index contributed by atoms with van der Waals surface area (Å²) in [5.74, 6) is 1.02. The molecule has 0 aliphatic carbocycles. The number of hydrogen-bond acceptors (Lipinski definition) is 2. The van der Waals surface area contributed by atoms with E-state index < -0.39 is 0 Å². The second-order valence-electron chi connectivity index (χ2n) is 5.95. The quantitative estimate of drug-likeness (QED) is 0.936. The number of hydrogen-bond donors (Lipinski definition) is 1. The van der Waals surface area contributed by atoms with Gasteiger partial charge in [0.25, 0.3) is 0 Å². The molecule has 3 nitrogen and oxygen atoms in total. The summed E-state index contributed by atoms with van der Waals surface area (Å²) < 4.78 is 2.25. The second-order valence-corrected chi connectivity index (χ2v) is 6.31. The Labute approximate surface area is 131 Å². The van der Waals surface area contributed by atoms with E-state index in [4.69, 9.17) is 11.6 Å². The van der Waals surface area contributed by atoms with Crippen LogP contribution in [0.1, 0.15) is 40.7 Å². The lowest BCUT2D eigenvalue weighted by atomic mass is 9.99. The zero-order valence-electron chi connectivity index (χ0n) is 12.9. The van der Waals surface area contributed by atoms with Crippen molar-refractivity contribution in [3.63, 3.8) is 0 Å². The van der Waals surface area contributed by atoms with Gasteiger partial charge < -0.3 is 9.88 Å². The Morgan fingerprint density at radius 2 is 2.10 bits per heavy atom. The predicted octanol–water partition coefficient (Wildman–Crippen LogP) is 3.74. The Bertz CT molecular complexity index is 660. The number of aryl methyl sites for hydroxylation is 4. The SMILES string of the molecule is Cc1ccc(CC[C@@H]2NCCn3c(C)nc(Cl)c32)cc1C. The minimum Gasteiger partial charge on any atom is -0.328 e. The van der Waals surface area contributed by atoms with E-state index in [-0.39, 0.29) is 0 Å². The van der Waals surface area contributed by atoms with E-state index in [1.54, 1.807) is 0 Å². The van der Waals surface area contributed by atoms with Crippen LogP contribution >= 0.6 is 11.6 Å². The maximum Gasteiger partial charge on any atom is 0.152 e. The molecule has 3 rings (SSSR count). The number of imidazole rings is 1. The Morgan fingerprint density at radius 3 is 2.86 bits per heavy atom. The zero-order valence-corrected chi connectivity index (χ0v) is 13.7. The lowest BCUT2D eigenvalue weighted by molar-refractivity contribution is 0.402. The molecule has 4 heteroatoms. The number of nitrogens with one attached hydrogen (secondary N) is 1. The number of halogens is 1. The summed E-state index contributed by atoms with van der Waals surface area (Å²) in [6.45, 7) is 8.30. The molecule has 0 fully saturated rings. The van der Waals surface area contributed by atoms with Crippen LogP contribution in [0.3, 0.4) is 0 Å². The van der Waals surface area contributed by atoms with Crippen LogP contribution in [-0.4, -0.2) is 16.1 Å². The summed E-state index contributed by atoms with van der Waals surface area (Å²) >= 11 is 6.31. The Kier molecular flexibility index (Phi) is 4.05. The van der Waals surface area contributed by atoms with Crippen molar-refractivity contribution in [2.45, 2.75) is 46.2 Å². The van der Waals surface area contributed by atoms with Crippen LogP contribution in [0.25, 0.3) is 0 Å². The Morgan fingerprint density at radius 1 is 1.29 bits per heavy atom. The number of benzene rings is 1. The molecule has 1 aliphatic heterocycles. The average Bonchev–Trinajstić information content (AvgIpc) is 2.76. The number of rotatable bonds is 3. The summed E-state index contributed by atoms with van der Waals surface area (Å²) in [4.78, 5) is 4.41. The van der Waals surface area contributed by atoms with Crippen molar-refractivity contribution in [3.8, 4) is 0 Å². The van der Waals surface area contributed by atoms with Gasteiger partial charge in [-0.15, -0.1) is 0 Å². The summed E-state index contributed by atoms with van der Waals surface area (Å²) in [6.07, 6.45) is 2.10. The van der Waals surface area contributed by atoms with Gasteiger partial charge in [-0.25, -0.2) is 4.98 Å². The second kappa shape index (κ2) is 5.82. The first kappa shape index (κ1) is 14.6. The Hall–Kier alpha value is -1.32. The molecule has 112 valence electrons. The molecule has 1 N–H and O–H groups in total. The first-order chi connectivity index (χ1) is 10.1. The van der Waals surface area contributed by atoms with E-state index in [0.29, 0.717) is 11.2 Å². The monoisotopic (exact) mass is 303 g/mol. The lowest BCUT2D eigenvalue weighted by Gasteiger charge is -2.26. The summed E-state index contributed by atoms with van der Waals surface area (Å²) in [5, 5.41) is 4.24. The van der Waals surface area contributed by atoms with Gasteiger partial charge in [0, 0.05) is 13.1 Å². The van der Waals surface area contributed by atoms with Crippen molar-refractivity contribution in [2.75, 3.05) is 6.54 Å². The fourth-order valence-electron chi connectivity index (χ4n) is 3.12. The third-order valence-corrected chi connectivity index (χ3v) is 4.78. The number of aromatic nitrogens is 2. The molecule has 0 bridgehead atoms. The van der Waals surface area contributed by atoms with Gasteiger partial charge in [-0.05, 0) is 50.3 Å². The third kappa shape index (κ3) is 2.85. The van der Waals surface area contributed by atoms with Gasteiger partial charge >= 0.3 is 0 Å². The molecule has 0 amide bonds. The smallest absolute Gasteiger partial charge is 0.152 e. The maximum absolute atomic E-state index is 6.31. The lowest BCUT2D eigenvalue weighted by Crippen LogP contribution is -2.34. The van der Waals surface area contributed by atoms with E-state index >= 15 is 0 Å². The molecule has 1 aromatic heterocycles. The van der Waals surface area contributed by atoms with E-state index in [0.717, 1.165) is 37.4 Å². The minimum absolute atomic E-state index is 0.300. The molecule has 0 unspecified atom stereocenters. The maximum atomic E-state index is 6.31.